The number of amides is 1. The van der Waals surface area contributed by atoms with E-state index >= 15 is 0 Å². The summed E-state index contributed by atoms with van der Waals surface area (Å²) < 4.78 is 24.3. The zero-order chi connectivity index (χ0) is 24.3. The summed E-state index contributed by atoms with van der Waals surface area (Å²) in [6.07, 6.45) is 0. The molecule has 1 aliphatic rings. The molecule has 0 aliphatic carbocycles. The molecule has 3 rings (SSSR count). The summed E-state index contributed by atoms with van der Waals surface area (Å²) in [4.78, 5) is 54.3. The van der Waals surface area contributed by atoms with Crippen LogP contribution in [0.2, 0.25) is 0 Å². The third-order valence-corrected chi connectivity index (χ3v) is 5.69. The highest BCUT2D eigenvalue weighted by Crippen LogP contribution is 2.23. The lowest BCUT2D eigenvalue weighted by molar-refractivity contribution is -0.134. The van der Waals surface area contributed by atoms with Gasteiger partial charge >= 0.3 is 11.9 Å². The molecule has 1 aliphatic heterocycles. The lowest BCUT2D eigenvalue weighted by Crippen LogP contribution is -2.50. The first-order chi connectivity index (χ1) is 15.6. The normalized spacial score (nSPS) is 13.6. The number of halogens is 1. The fourth-order valence-electron chi connectivity index (χ4n) is 3.83. The summed E-state index contributed by atoms with van der Waals surface area (Å²) in [6, 6.07) is 4.35. The van der Waals surface area contributed by atoms with Crippen molar-refractivity contribution in [2.75, 3.05) is 44.8 Å². The average molecular weight is 459 g/mol. The van der Waals surface area contributed by atoms with Crippen LogP contribution in [0.1, 0.15) is 49.4 Å². The molecule has 33 heavy (non-hydrogen) atoms. The second-order valence-electron chi connectivity index (χ2n) is 7.78. The number of ketones is 1. The Morgan fingerprint density at radius 1 is 1.06 bits per heavy atom. The molecular formula is C23H26FN3O6. The number of Topliss-reactive ketones (excluding diaryl/α,β-unsaturated/α-hetero) is 1. The maximum Gasteiger partial charge on any atom is 0.355 e. The number of aromatic nitrogens is 1. The monoisotopic (exact) mass is 459 g/mol. The summed E-state index contributed by atoms with van der Waals surface area (Å²) in [5, 5.41) is 0. The average Bonchev–Trinajstić information content (AvgIpc) is 3.10. The molecule has 1 N–H and O–H groups in total. The van der Waals surface area contributed by atoms with Gasteiger partial charge in [0.1, 0.15) is 11.5 Å². The van der Waals surface area contributed by atoms with Crippen LogP contribution in [0.5, 0.6) is 0 Å². The maximum atomic E-state index is 14.4. The Morgan fingerprint density at radius 3 is 2.30 bits per heavy atom. The lowest BCUT2D eigenvalue weighted by atomic mass is 10.1. The summed E-state index contributed by atoms with van der Waals surface area (Å²) in [6.45, 7) is 5.61. The molecule has 1 fully saturated rings. The molecule has 0 saturated carbocycles. The van der Waals surface area contributed by atoms with Crippen LogP contribution in [0, 0.1) is 19.7 Å². The predicted octanol–water partition coefficient (Wildman–Crippen LogP) is 2.27. The van der Waals surface area contributed by atoms with Gasteiger partial charge in [-0.25, -0.2) is 14.0 Å². The van der Waals surface area contributed by atoms with E-state index in [0.29, 0.717) is 48.7 Å². The third kappa shape index (κ3) is 5.05. The number of H-pyrrole nitrogens is 1. The highest BCUT2D eigenvalue weighted by molar-refractivity contribution is 5.99. The van der Waals surface area contributed by atoms with E-state index in [1.807, 2.05) is 0 Å². The topological polar surface area (TPSA) is 109 Å². The molecule has 9 nitrogen and oxygen atoms in total. The second kappa shape index (κ2) is 9.85. The van der Waals surface area contributed by atoms with Gasteiger partial charge in [0.2, 0.25) is 0 Å². The first-order valence-electron chi connectivity index (χ1n) is 10.4. The third-order valence-electron chi connectivity index (χ3n) is 5.69. The number of nitrogens with zero attached hydrogens (tertiary/aromatic N) is 2. The summed E-state index contributed by atoms with van der Waals surface area (Å²) in [5.41, 5.74) is 1.89. The Bertz CT molecular complexity index is 1100. The van der Waals surface area contributed by atoms with Gasteiger partial charge in [-0.3, -0.25) is 9.59 Å². The van der Waals surface area contributed by atoms with Crippen LogP contribution >= 0.6 is 0 Å². The number of carbonyl (C=O) groups excluding carboxylic acids is 4. The van der Waals surface area contributed by atoms with Gasteiger partial charge < -0.3 is 24.3 Å². The Kier molecular flexibility index (Phi) is 7.15. The number of nitrogens with one attached hydrogen (secondary N) is 1. The number of methoxy groups -OCH3 is 1. The molecule has 176 valence electrons. The van der Waals surface area contributed by atoms with Crippen LogP contribution in [-0.4, -0.2) is 73.4 Å². The van der Waals surface area contributed by atoms with Gasteiger partial charge in [0, 0.05) is 37.4 Å². The number of hydrogen-bond donors (Lipinski definition) is 1. The highest BCUT2D eigenvalue weighted by atomic mass is 19.1. The number of esters is 2. The van der Waals surface area contributed by atoms with Crippen molar-refractivity contribution in [3.63, 3.8) is 0 Å². The minimum absolute atomic E-state index is 0.0926. The predicted molar refractivity (Wildman–Crippen MR) is 117 cm³/mol. The quantitative estimate of drug-likeness (QED) is 0.521. The molecule has 0 radical (unpaired) electrons. The van der Waals surface area contributed by atoms with Crippen molar-refractivity contribution in [2.24, 2.45) is 0 Å². The number of hydrogen-bond acceptors (Lipinski definition) is 7. The minimum atomic E-state index is -0.745. The highest BCUT2D eigenvalue weighted by Gasteiger charge is 2.26. The molecular weight excluding hydrogens is 433 g/mol. The maximum absolute atomic E-state index is 14.4. The van der Waals surface area contributed by atoms with Crippen molar-refractivity contribution in [1.29, 1.82) is 0 Å². The number of benzene rings is 1. The van der Waals surface area contributed by atoms with Gasteiger partial charge in [-0.15, -0.1) is 0 Å². The van der Waals surface area contributed by atoms with E-state index in [2.05, 4.69) is 4.98 Å². The number of piperazine rings is 1. The van der Waals surface area contributed by atoms with E-state index in [1.54, 1.807) is 30.9 Å². The standard InChI is InChI=1S/C23H26FN3O6/c1-13-20(22(30)32-4)14(2)25-21(13)23(31)33-12-19(29)27-9-7-26(8-10-27)18-6-5-16(15(3)28)11-17(18)24/h5-6,11,25H,7-10,12H2,1-4H3. The van der Waals surface area contributed by atoms with Crippen molar-refractivity contribution in [1.82, 2.24) is 9.88 Å². The van der Waals surface area contributed by atoms with E-state index in [4.69, 9.17) is 9.47 Å². The number of ether oxygens (including phenoxy) is 2. The fourth-order valence-corrected chi connectivity index (χ4v) is 3.83. The molecule has 0 spiro atoms. The number of rotatable bonds is 6. The van der Waals surface area contributed by atoms with Crippen LogP contribution in [0.3, 0.4) is 0 Å². The van der Waals surface area contributed by atoms with E-state index in [-0.39, 0.29) is 22.9 Å². The molecule has 1 aromatic heterocycles. The van der Waals surface area contributed by atoms with Crippen molar-refractivity contribution >= 4 is 29.3 Å². The van der Waals surface area contributed by atoms with E-state index < -0.39 is 24.4 Å². The largest absolute Gasteiger partial charge is 0.465 e. The fraction of sp³-hybridized carbons (Fsp3) is 0.391. The van der Waals surface area contributed by atoms with Crippen LogP contribution < -0.4 is 4.90 Å². The molecule has 1 saturated heterocycles. The lowest BCUT2D eigenvalue weighted by Gasteiger charge is -2.36. The number of carbonyl (C=O) groups is 4. The van der Waals surface area contributed by atoms with E-state index in [9.17, 15) is 23.6 Å². The number of aromatic amines is 1. The van der Waals surface area contributed by atoms with Gasteiger partial charge in [0.15, 0.2) is 12.4 Å². The van der Waals surface area contributed by atoms with Gasteiger partial charge in [-0.2, -0.15) is 0 Å². The SMILES string of the molecule is COC(=O)c1c(C)[nH]c(C(=O)OCC(=O)N2CCN(c3ccc(C(C)=O)cc3F)CC2)c1C. The van der Waals surface area contributed by atoms with E-state index in [1.165, 1.54) is 25.0 Å². The van der Waals surface area contributed by atoms with Gasteiger partial charge in [-0.1, -0.05) is 0 Å². The first kappa shape index (κ1) is 24.0. The molecule has 0 bridgehead atoms. The summed E-state index contributed by atoms with van der Waals surface area (Å²) in [5.74, 6) is -2.38. The van der Waals surface area contributed by atoms with Crippen molar-refractivity contribution in [3.8, 4) is 0 Å². The van der Waals surface area contributed by atoms with Gasteiger partial charge in [0.25, 0.3) is 5.91 Å². The summed E-state index contributed by atoms with van der Waals surface area (Å²) >= 11 is 0. The molecule has 0 unspecified atom stereocenters. The smallest absolute Gasteiger partial charge is 0.355 e. The van der Waals surface area contributed by atoms with Gasteiger partial charge in [-0.05, 0) is 44.5 Å². The minimum Gasteiger partial charge on any atom is -0.465 e. The number of anilines is 1. The Morgan fingerprint density at radius 2 is 1.73 bits per heavy atom. The first-order valence-corrected chi connectivity index (χ1v) is 10.4. The van der Waals surface area contributed by atoms with Crippen LogP contribution in [0.25, 0.3) is 0 Å². The molecule has 10 heteroatoms. The second-order valence-corrected chi connectivity index (χ2v) is 7.78. The van der Waals surface area contributed by atoms with Crippen LogP contribution in [0.4, 0.5) is 10.1 Å². The Balaban J connectivity index is 1.55. The molecule has 2 aromatic rings. The Hall–Kier alpha value is -3.69. The number of aryl methyl sites for hydroxylation is 1. The summed E-state index contributed by atoms with van der Waals surface area (Å²) in [7, 11) is 1.25. The van der Waals surface area contributed by atoms with E-state index in [0.717, 1.165) is 0 Å². The molecule has 1 aromatic carbocycles. The molecule has 2 heterocycles. The zero-order valence-electron chi connectivity index (χ0n) is 19.0. The van der Waals surface area contributed by atoms with Crippen molar-refractivity contribution in [2.45, 2.75) is 20.8 Å². The Labute approximate surface area is 190 Å². The molecule has 1 amide bonds. The molecule has 0 atom stereocenters. The van der Waals surface area contributed by atoms with Crippen molar-refractivity contribution < 1.29 is 33.0 Å². The van der Waals surface area contributed by atoms with Gasteiger partial charge in [0.05, 0.1) is 18.4 Å². The zero-order valence-corrected chi connectivity index (χ0v) is 19.0. The van der Waals surface area contributed by atoms with Crippen LogP contribution in [-0.2, 0) is 14.3 Å². The van der Waals surface area contributed by atoms with Crippen LogP contribution in [0.15, 0.2) is 18.2 Å². The van der Waals surface area contributed by atoms with Crippen molar-refractivity contribution in [3.05, 3.63) is 52.1 Å².